The van der Waals surface area contributed by atoms with Gasteiger partial charge < -0.3 is 9.64 Å². The average molecular weight is 418 g/mol. The van der Waals surface area contributed by atoms with E-state index in [2.05, 4.69) is 0 Å². The van der Waals surface area contributed by atoms with Crippen LogP contribution in [0.25, 0.3) is 0 Å². The van der Waals surface area contributed by atoms with Gasteiger partial charge in [0.2, 0.25) is 0 Å². The summed E-state index contributed by atoms with van der Waals surface area (Å²) < 4.78 is 4.99. The molecule has 0 fully saturated rings. The Labute approximate surface area is 182 Å². The lowest BCUT2D eigenvalue weighted by molar-refractivity contribution is -0.434. The van der Waals surface area contributed by atoms with Crippen LogP contribution in [0.1, 0.15) is 18.1 Å². The summed E-state index contributed by atoms with van der Waals surface area (Å²) in [5, 5.41) is 11.9. The van der Waals surface area contributed by atoms with Crippen molar-refractivity contribution in [2.45, 2.75) is 19.9 Å². The summed E-state index contributed by atoms with van der Waals surface area (Å²) in [4.78, 5) is 25.3. The highest BCUT2D eigenvalue weighted by molar-refractivity contribution is 5.81. The van der Waals surface area contributed by atoms with Crippen molar-refractivity contribution in [1.82, 2.24) is 4.90 Å². The molecule has 160 valence electrons. The first-order valence-corrected chi connectivity index (χ1v) is 10.3. The smallest absolute Gasteiger partial charge is 0.330 e. The summed E-state index contributed by atoms with van der Waals surface area (Å²) in [6, 6.07) is 19.6. The van der Waals surface area contributed by atoms with Gasteiger partial charge in [0.15, 0.2) is 0 Å². The summed E-state index contributed by atoms with van der Waals surface area (Å²) in [5.41, 5.74) is 2.21. The molecule has 0 radical (unpaired) electrons. The lowest BCUT2D eigenvalue weighted by Crippen LogP contribution is -2.27. The Balaban J connectivity index is 1.85. The second-order valence-corrected chi connectivity index (χ2v) is 7.30. The van der Waals surface area contributed by atoms with Gasteiger partial charge in [-0.25, -0.2) is 4.79 Å². The van der Waals surface area contributed by atoms with Gasteiger partial charge in [0.05, 0.1) is 23.6 Å². The number of nitrogens with zero attached hydrogens (tertiary/aromatic N) is 2. The molecule has 1 aliphatic heterocycles. The van der Waals surface area contributed by atoms with E-state index in [1.807, 2.05) is 77.8 Å². The zero-order chi connectivity index (χ0) is 22.1. The fourth-order valence-corrected chi connectivity index (χ4v) is 3.62. The molecule has 0 bridgehead atoms. The number of rotatable bonds is 9. The molecule has 3 rings (SSSR count). The van der Waals surface area contributed by atoms with E-state index in [1.54, 1.807) is 19.2 Å². The van der Waals surface area contributed by atoms with Gasteiger partial charge in [-0.3, -0.25) is 10.1 Å². The molecule has 1 unspecified atom stereocenters. The van der Waals surface area contributed by atoms with E-state index in [-0.39, 0.29) is 23.1 Å². The Morgan fingerprint density at radius 3 is 2.39 bits per heavy atom. The maximum absolute atomic E-state index is 11.9. The molecule has 31 heavy (non-hydrogen) atoms. The minimum absolute atomic E-state index is 0.105. The van der Waals surface area contributed by atoms with Crippen LogP contribution in [0.2, 0.25) is 0 Å². The van der Waals surface area contributed by atoms with Gasteiger partial charge in [0.25, 0.3) is 5.70 Å². The number of hydrogen-bond donors (Lipinski definition) is 0. The fourth-order valence-electron chi connectivity index (χ4n) is 3.62. The monoisotopic (exact) mass is 418 g/mol. The standard InChI is InChI=1S/C25H26N2O4/c1-2-31-25(28)14-13-22(17-20-9-5-3-6-10-20)23-15-16-26(19-24(23)27(29)30)18-21-11-7-4-8-12-21/h3-16,19,22-23H,2,17-18H2,1H3/b14-13+/t22-,23?/m1/s1. The van der Waals surface area contributed by atoms with Crippen LogP contribution in [-0.4, -0.2) is 22.4 Å². The quantitative estimate of drug-likeness (QED) is 0.255. The molecule has 6 heteroatoms. The van der Waals surface area contributed by atoms with Crippen molar-refractivity contribution in [1.29, 1.82) is 0 Å². The average Bonchev–Trinajstić information content (AvgIpc) is 2.78. The van der Waals surface area contributed by atoms with Crippen LogP contribution >= 0.6 is 0 Å². The number of benzene rings is 2. The molecule has 0 amide bonds. The normalized spacial score (nSPS) is 16.7. The largest absolute Gasteiger partial charge is 0.463 e. The Bertz CT molecular complexity index is 968. The highest BCUT2D eigenvalue weighted by Crippen LogP contribution is 2.31. The van der Waals surface area contributed by atoms with Crippen LogP contribution in [0.3, 0.4) is 0 Å². The van der Waals surface area contributed by atoms with E-state index in [9.17, 15) is 14.9 Å². The molecule has 0 aromatic heterocycles. The first-order valence-electron chi connectivity index (χ1n) is 10.3. The van der Waals surface area contributed by atoms with Gasteiger partial charge in [-0.15, -0.1) is 0 Å². The first kappa shape index (κ1) is 22.0. The van der Waals surface area contributed by atoms with Gasteiger partial charge in [0.1, 0.15) is 0 Å². The number of ether oxygens (including phenoxy) is 1. The molecule has 2 atom stereocenters. The van der Waals surface area contributed by atoms with Gasteiger partial charge in [-0.2, -0.15) is 0 Å². The summed E-state index contributed by atoms with van der Waals surface area (Å²) in [5.74, 6) is -1.18. The van der Waals surface area contributed by atoms with Crippen LogP contribution < -0.4 is 0 Å². The molecule has 1 aliphatic rings. The van der Waals surface area contributed by atoms with Crippen LogP contribution in [0.15, 0.2) is 97.0 Å². The lowest BCUT2D eigenvalue weighted by Gasteiger charge is -2.26. The Morgan fingerprint density at radius 2 is 1.77 bits per heavy atom. The van der Waals surface area contributed by atoms with Crippen LogP contribution in [0.4, 0.5) is 0 Å². The molecule has 0 spiro atoms. The van der Waals surface area contributed by atoms with Gasteiger partial charge in [-0.05, 0) is 30.4 Å². The molecule has 2 aromatic rings. The Morgan fingerprint density at radius 1 is 1.13 bits per heavy atom. The zero-order valence-corrected chi connectivity index (χ0v) is 17.5. The SMILES string of the molecule is CCOC(=O)/C=C/[C@H](Cc1ccccc1)C1C=CN(Cc2ccccc2)C=C1[N+](=O)[O-]. The number of carbonyl (C=O) groups excluding carboxylic acids is 1. The Kier molecular flexibility index (Phi) is 7.76. The van der Waals surface area contributed by atoms with Crippen LogP contribution in [0, 0.1) is 22.0 Å². The van der Waals surface area contributed by atoms with E-state index in [4.69, 9.17) is 4.74 Å². The topological polar surface area (TPSA) is 72.7 Å². The Hall–Kier alpha value is -3.67. The predicted octanol–water partition coefficient (Wildman–Crippen LogP) is 4.73. The van der Waals surface area contributed by atoms with Crippen molar-refractivity contribution >= 4 is 5.97 Å². The minimum Gasteiger partial charge on any atom is -0.463 e. The molecule has 0 saturated heterocycles. The molecule has 0 saturated carbocycles. The lowest BCUT2D eigenvalue weighted by atomic mass is 9.83. The molecule has 0 N–H and O–H groups in total. The molecule has 2 aromatic carbocycles. The van der Waals surface area contributed by atoms with Gasteiger partial charge in [-0.1, -0.05) is 72.8 Å². The number of nitro groups is 1. The van der Waals surface area contributed by atoms with E-state index in [1.165, 1.54) is 6.08 Å². The number of allylic oxidation sites excluding steroid dienone is 2. The first-order chi connectivity index (χ1) is 15.1. The molecular weight excluding hydrogens is 392 g/mol. The molecule has 1 heterocycles. The minimum atomic E-state index is -0.465. The van der Waals surface area contributed by atoms with Crippen molar-refractivity contribution in [2.75, 3.05) is 6.61 Å². The maximum Gasteiger partial charge on any atom is 0.330 e. The van der Waals surface area contributed by atoms with E-state index in [0.717, 1.165) is 11.1 Å². The molecule has 0 aliphatic carbocycles. The highest BCUT2D eigenvalue weighted by atomic mass is 16.6. The summed E-state index contributed by atoms with van der Waals surface area (Å²) >= 11 is 0. The van der Waals surface area contributed by atoms with Crippen molar-refractivity contribution in [3.63, 3.8) is 0 Å². The summed E-state index contributed by atoms with van der Waals surface area (Å²) in [6.45, 7) is 2.57. The molecule has 6 nitrogen and oxygen atoms in total. The van der Waals surface area contributed by atoms with Crippen LogP contribution in [-0.2, 0) is 22.5 Å². The van der Waals surface area contributed by atoms with E-state index in [0.29, 0.717) is 13.0 Å². The fraction of sp³-hybridized carbons (Fsp3) is 0.240. The van der Waals surface area contributed by atoms with Gasteiger partial charge in [0, 0.05) is 18.8 Å². The van der Waals surface area contributed by atoms with Crippen molar-refractivity contribution < 1.29 is 14.5 Å². The van der Waals surface area contributed by atoms with Crippen molar-refractivity contribution in [2.24, 2.45) is 11.8 Å². The highest BCUT2D eigenvalue weighted by Gasteiger charge is 2.32. The number of esters is 1. The summed E-state index contributed by atoms with van der Waals surface area (Å²) in [6.07, 6.45) is 8.98. The second-order valence-electron chi connectivity index (χ2n) is 7.30. The third-order valence-electron chi connectivity index (χ3n) is 5.08. The van der Waals surface area contributed by atoms with Gasteiger partial charge >= 0.3 is 5.97 Å². The summed E-state index contributed by atoms with van der Waals surface area (Å²) in [7, 11) is 0. The molecular formula is C25H26N2O4. The van der Waals surface area contributed by atoms with Crippen molar-refractivity contribution in [3.8, 4) is 0 Å². The third kappa shape index (κ3) is 6.40. The second kappa shape index (κ2) is 10.9. The van der Waals surface area contributed by atoms with Crippen molar-refractivity contribution in [3.05, 3.63) is 118 Å². The van der Waals surface area contributed by atoms with E-state index >= 15 is 0 Å². The third-order valence-corrected chi connectivity index (χ3v) is 5.08. The number of carbonyl (C=O) groups is 1. The van der Waals surface area contributed by atoms with Crippen LogP contribution in [0.5, 0.6) is 0 Å². The number of hydrogen-bond acceptors (Lipinski definition) is 5. The van der Waals surface area contributed by atoms with E-state index < -0.39 is 11.9 Å². The zero-order valence-electron chi connectivity index (χ0n) is 17.5. The maximum atomic E-state index is 11.9. The predicted molar refractivity (Wildman–Crippen MR) is 119 cm³/mol.